The summed E-state index contributed by atoms with van der Waals surface area (Å²) < 4.78 is 10.5. The normalized spacial score (nSPS) is 10.3. The zero-order chi connectivity index (χ0) is 20.6. The molecule has 0 atom stereocenters. The first-order valence-corrected chi connectivity index (χ1v) is 9.32. The number of ether oxygens (including phenoxy) is 2. The van der Waals surface area contributed by atoms with Crippen LogP contribution in [0.5, 0.6) is 5.75 Å². The zero-order valence-corrected chi connectivity index (χ0v) is 16.6. The highest BCUT2D eigenvalue weighted by molar-refractivity contribution is 6.36. The molecule has 29 heavy (non-hydrogen) atoms. The Hall–Kier alpha value is -3.09. The van der Waals surface area contributed by atoms with Gasteiger partial charge in [0, 0.05) is 11.8 Å². The van der Waals surface area contributed by atoms with Crippen molar-refractivity contribution in [2.75, 3.05) is 18.5 Å². The van der Waals surface area contributed by atoms with Gasteiger partial charge in [0.15, 0.2) is 19.0 Å². The predicted molar refractivity (Wildman–Crippen MR) is 111 cm³/mol. The van der Waals surface area contributed by atoms with Gasteiger partial charge in [0.1, 0.15) is 5.75 Å². The van der Waals surface area contributed by atoms with Crippen LogP contribution in [0.2, 0.25) is 10.0 Å². The molecular weight excluding hydrogens is 415 g/mol. The zero-order valence-electron chi connectivity index (χ0n) is 15.1. The van der Waals surface area contributed by atoms with E-state index in [-0.39, 0.29) is 17.4 Å². The summed E-state index contributed by atoms with van der Waals surface area (Å²) in [6.45, 7) is -0.833. The van der Waals surface area contributed by atoms with Gasteiger partial charge in [-0.2, -0.15) is 0 Å². The standard InChI is InChI=1S/C21H16Cl2N2O4/c22-15-10-17(23)21(24-11-15)25-19(26)12-29-20(27)13-28-18-9-5-4-8-16(18)14-6-2-1-3-7-14/h1-11H,12-13H2,(H,24,25,26). The number of carbonyl (C=O) groups excluding carboxylic acids is 2. The molecule has 0 aliphatic carbocycles. The van der Waals surface area contributed by atoms with Gasteiger partial charge in [-0.3, -0.25) is 4.79 Å². The largest absolute Gasteiger partial charge is 0.481 e. The summed E-state index contributed by atoms with van der Waals surface area (Å²) in [6.07, 6.45) is 1.34. The Morgan fingerprint density at radius 1 is 0.966 bits per heavy atom. The molecule has 0 radical (unpaired) electrons. The molecule has 0 aliphatic heterocycles. The van der Waals surface area contributed by atoms with Gasteiger partial charge in [0.25, 0.3) is 5.91 Å². The van der Waals surface area contributed by atoms with Crippen LogP contribution < -0.4 is 10.1 Å². The van der Waals surface area contributed by atoms with Crippen LogP contribution in [0, 0.1) is 0 Å². The SMILES string of the molecule is O=C(COC(=O)COc1ccccc1-c1ccccc1)Nc1ncc(Cl)cc1Cl. The molecule has 0 unspecified atom stereocenters. The summed E-state index contributed by atoms with van der Waals surface area (Å²) in [4.78, 5) is 27.8. The van der Waals surface area contributed by atoms with Crippen molar-refractivity contribution >= 4 is 40.9 Å². The molecule has 0 bridgehead atoms. The fourth-order valence-electron chi connectivity index (χ4n) is 2.45. The molecule has 3 aromatic rings. The Bertz CT molecular complexity index is 1010. The molecule has 2 aromatic carbocycles. The lowest BCUT2D eigenvalue weighted by Gasteiger charge is -2.11. The Balaban J connectivity index is 1.51. The number of hydrogen-bond donors (Lipinski definition) is 1. The molecule has 6 nitrogen and oxygen atoms in total. The second-order valence-corrected chi connectivity index (χ2v) is 6.69. The van der Waals surface area contributed by atoms with E-state index in [4.69, 9.17) is 32.7 Å². The van der Waals surface area contributed by atoms with Gasteiger partial charge in [-0.25, -0.2) is 9.78 Å². The van der Waals surface area contributed by atoms with Crippen LogP contribution in [0.1, 0.15) is 0 Å². The number of halogens is 2. The molecule has 1 N–H and O–H groups in total. The number of pyridine rings is 1. The lowest BCUT2D eigenvalue weighted by atomic mass is 10.1. The summed E-state index contributed by atoms with van der Waals surface area (Å²) in [5.41, 5.74) is 1.81. The molecule has 1 aromatic heterocycles. The third-order valence-corrected chi connectivity index (χ3v) is 4.24. The first-order chi connectivity index (χ1) is 14.0. The molecule has 1 heterocycles. The van der Waals surface area contributed by atoms with Crippen LogP contribution in [0.3, 0.4) is 0 Å². The highest BCUT2D eigenvalue weighted by Gasteiger charge is 2.13. The first-order valence-electron chi connectivity index (χ1n) is 8.56. The van der Waals surface area contributed by atoms with Gasteiger partial charge in [0.2, 0.25) is 0 Å². The van der Waals surface area contributed by atoms with E-state index < -0.39 is 18.5 Å². The number of para-hydroxylation sites is 1. The van der Waals surface area contributed by atoms with Crippen LogP contribution >= 0.6 is 23.2 Å². The molecule has 8 heteroatoms. The molecule has 0 saturated carbocycles. The van der Waals surface area contributed by atoms with Crippen molar-refractivity contribution in [2.24, 2.45) is 0 Å². The average molecular weight is 431 g/mol. The Kier molecular flexibility index (Phi) is 7.05. The van der Waals surface area contributed by atoms with E-state index in [1.54, 1.807) is 6.07 Å². The van der Waals surface area contributed by atoms with Crippen molar-refractivity contribution < 1.29 is 19.1 Å². The van der Waals surface area contributed by atoms with Crippen LogP contribution in [0.4, 0.5) is 5.82 Å². The van der Waals surface area contributed by atoms with Crippen LogP contribution in [-0.2, 0) is 14.3 Å². The summed E-state index contributed by atoms with van der Waals surface area (Å²) in [6, 6.07) is 18.4. The van der Waals surface area contributed by atoms with Gasteiger partial charge >= 0.3 is 5.97 Å². The minimum Gasteiger partial charge on any atom is -0.481 e. The number of esters is 1. The molecule has 0 aliphatic rings. The third kappa shape index (κ3) is 5.94. The molecule has 3 rings (SSSR count). The van der Waals surface area contributed by atoms with Crippen molar-refractivity contribution in [3.63, 3.8) is 0 Å². The van der Waals surface area contributed by atoms with E-state index in [1.165, 1.54) is 12.3 Å². The van der Waals surface area contributed by atoms with E-state index >= 15 is 0 Å². The van der Waals surface area contributed by atoms with Crippen LogP contribution in [0.25, 0.3) is 11.1 Å². The van der Waals surface area contributed by atoms with E-state index in [9.17, 15) is 9.59 Å². The van der Waals surface area contributed by atoms with Gasteiger partial charge in [-0.15, -0.1) is 0 Å². The molecule has 148 valence electrons. The third-order valence-electron chi connectivity index (χ3n) is 3.75. The van der Waals surface area contributed by atoms with Crippen molar-refractivity contribution in [1.29, 1.82) is 0 Å². The second-order valence-electron chi connectivity index (χ2n) is 5.84. The number of nitrogens with zero attached hydrogens (tertiary/aromatic N) is 1. The average Bonchev–Trinajstić information content (AvgIpc) is 2.73. The Labute approximate surface area is 177 Å². The van der Waals surface area contributed by atoms with Crippen molar-refractivity contribution in [3.05, 3.63) is 76.9 Å². The van der Waals surface area contributed by atoms with Crippen molar-refractivity contribution in [3.8, 4) is 16.9 Å². The van der Waals surface area contributed by atoms with E-state index in [0.717, 1.165) is 11.1 Å². The smallest absolute Gasteiger partial charge is 0.344 e. The van der Waals surface area contributed by atoms with Gasteiger partial charge in [0.05, 0.1) is 10.0 Å². The van der Waals surface area contributed by atoms with Gasteiger partial charge in [-0.1, -0.05) is 71.7 Å². The maximum atomic E-state index is 11.9. The number of rotatable bonds is 7. The van der Waals surface area contributed by atoms with E-state index in [0.29, 0.717) is 10.8 Å². The molecular formula is C21H16Cl2N2O4. The van der Waals surface area contributed by atoms with Gasteiger partial charge in [-0.05, 0) is 17.7 Å². The number of nitrogens with one attached hydrogen (secondary N) is 1. The van der Waals surface area contributed by atoms with Crippen LogP contribution in [-0.4, -0.2) is 30.1 Å². The van der Waals surface area contributed by atoms with Crippen LogP contribution in [0.15, 0.2) is 66.9 Å². The first kappa shape index (κ1) is 20.6. The Morgan fingerprint density at radius 2 is 1.69 bits per heavy atom. The number of hydrogen-bond acceptors (Lipinski definition) is 5. The van der Waals surface area contributed by atoms with Crippen molar-refractivity contribution in [1.82, 2.24) is 4.98 Å². The number of aromatic nitrogens is 1. The number of amides is 1. The minimum absolute atomic E-state index is 0.130. The summed E-state index contributed by atoms with van der Waals surface area (Å²) in [7, 11) is 0. The number of anilines is 1. The summed E-state index contributed by atoms with van der Waals surface area (Å²) in [5.74, 6) is -0.597. The topological polar surface area (TPSA) is 77.5 Å². The van der Waals surface area contributed by atoms with E-state index in [1.807, 2.05) is 48.5 Å². The fraction of sp³-hybridized carbons (Fsp3) is 0.0952. The molecule has 0 saturated heterocycles. The molecule has 0 spiro atoms. The number of benzene rings is 2. The lowest BCUT2D eigenvalue weighted by molar-refractivity contribution is -0.149. The quantitative estimate of drug-likeness (QED) is 0.553. The Morgan fingerprint density at radius 3 is 2.45 bits per heavy atom. The van der Waals surface area contributed by atoms with Gasteiger partial charge < -0.3 is 14.8 Å². The second kappa shape index (κ2) is 9.91. The maximum absolute atomic E-state index is 11.9. The monoisotopic (exact) mass is 430 g/mol. The highest BCUT2D eigenvalue weighted by Crippen LogP contribution is 2.29. The minimum atomic E-state index is -0.682. The lowest BCUT2D eigenvalue weighted by Crippen LogP contribution is -2.24. The maximum Gasteiger partial charge on any atom is 0.344 e. The predicted octanol–water partition coefficient (Wildman–Crippen LogP) is 4.62. The number of carbonyl (C=O) groups is 2. The molecule has 1 amide bonds. The summed E-state index contributed by atoms with van der Waals surface area (Å²) in [5, 5.41) is 2.96. The summed E-state index contributed by atoms with van der Waals surface area (Å²) >= 11 is 11.7. The highest BCUT2D eigenvalue weighted by atomic mass is 35.5. The fourth-order valence-corrected chi connectivity index (χ4v) is 2.88. The molecule has 0 fully saturated rings. The van der Waals surface area contributed by atoms with Crippen molar-refractivity contribution in [2.45, 2.75) is 0 Å². The van der Waals surface area contributed by atoms with E-state index in [2.05, 4.69) is 10.3 Å².